The summed E-state index contributed by atoms with van der Waals surface area (Å²) >= 11 is 5.99. The minimum Gasteiger partial charge on any atom is -0.435 e. The monoisotopic (exact) mass is 287 g/mol. The molecule has 7 heteroatoms. The fourth-order valence-corrected chi connectivity index (χ4v) is 1.89. The SMILES string of the molecule is CC(C)c1nnc(Cl)n1-c1ccc(OC(F)F)cc1. The predicted molar refractivity (Wildman–Crippen MR) is 67.1 cm³/mol. The summed E-state index contributed by atoms with van der Waals surface area (Å²) in [7, 11) is 0. The van der Waals surface area contributed by atoms with Crippen molar-refractivity contribution in [3.05, 3.63) is 35.4 Å². The first-order chi connectivity index (χ1) is 8.99. The Hall–Kier alpha value is -1.69. The summed E-state index contributed by atoms with van der Waals surface area (Å²) in [6.07, 6.45) is 0. The molecule has 0 radical (unpaired) electrons. The molecule has 0 aliphatic carbocycles. The summed E-state index contributed by atoms with van der Waals surface area (Å²) < 4.78 is 30.1. The van der Waals surface area contributed by atoms with Gasteiger partial charge in [-0.2, -0.15) is 8.78 Å². The zero-order valence-corrected chi connectivity index (χ0v) is 11.1. The van der Waals surface area contributed by atoms with E-state index in [0.29, 0.717) is 11.5 Å². The molecule has 0 amide bonds. The van der Waals surface area contributed by atoms with Crippen LogP contribution in [-0.2, 0) is 0 Å². The lowest BCUT2D eigenvalue weighted by Gasteiger charge is -2.11. The quantitative estimate of drug-likeness (QED) is 0.862. The van der Waals surface area contributed by atoms with E-state index >= 15 is 0 Å². The van der Waals surface area contributed by atoms with Crippen LogP contribution in [0.5, 0.6) is 5.75 Å². The summed E-state index contributed by atoms with van der Waals surface area (Å²) in [5.74, 6) is 0.929. The molecular formula is C12H12ClF2N3O. The van der Waals surface area contributed by atoms with E-state index in [0.717, 1.165) is 0 Å². The van der Waals surface area contributed by atoms with E-state index in [-0.39, 0.29) is 17.0 Å². The van der Waals surface area contributed by atoms with Crippen LogP contribution in [0.3, 0.4) is 0 Å². The number of hydrogen-bond donors (Lipinski definition) is 0. The smallest absolute Gasteiger partial charge is 0.387 e. The molecule has 0 atom stereocenters. The van der Waals surface area contributed by atoms with Crippen LogP contribution >= 0.6 is 11.6 Å². The van der Waals surface area contributed by atoms with E-state index in [1.807, 2.05) is 13.8 Å². The van der Waals surface area contributed by atoms with Crippen LogP contribution in [0.1, 0.15) is 25.6 Å². The molecular weight excluding hydrogens is 276 g/mol. The maximum absolute atomic E-state index is 12.1. The topological polar surface area (TPSA) is 39.9 Å². The first-order valence-electron chi connectivity index (χ1n) is 5.65. The summed E-state index contributed by atoms with van der Waals surface area (Å²) in [6.45, 7) is 1.09. The molecule has 0 N–H and O–H groups in total. The van der Waals surface area contributed by atoms with Crippen LogP contribution in [0.15, 0.2) is 24.3 Å². The number of aromatic nitrogens is 3. The average molecular weight is 288 g/mol. The second-order valence-corrected chi connectivity index (χ2v) is 4.53. The highest BCUT2D eigenvalue weighted by atomic mass is 35.5. The fraction of sp³-hybridized carbons (Fsp3) is 0.333. The van der Waals surface area contributed by atoms with Crippen molar-refractivity contribution in [3.63, 3.8) is 0 Å². The zero-order valence-electron chi connectivity index (χ0n) is 10.3. The van der Waals surface area contributed by atoms with Gasteiger partial charge in [-0.05, 0) is 35.9 Å². The van der Waals surface area contributed by atoms with Gasteiger partial charge in [0, 0.05) is 5.92 Å². The molecule has 0 saturated heterocycles. The molecule has 1 aromatic carbocycles. The van der Waals surface area contributed by atoms with Crippen LogP contribution in [0.2, 0.25) is 5.28 Å². The van der Waals surface area contributed by atoms with Crippen LogP contribution in [0, 0.1) is 0 Å². The number of hydrogen-bond acceptors (Lipinski definition) is 3. The van der Waals surface area contributed by atoms with Gasteiger partial charge in [0.2, 0.25) is 5.28 Å². The molecule has 2 aromatic rings. The van der Waals surface area contributed by atoms with E-state index < -0.39 is 6.61 Å². The standard InChI is InChI=1S/C12H12ClF2N3O/c1-7(2)10-16-17-11(13)18(10)8-3-5-9(6-4-8)19-12(14)15/h3-7,12H,1-2H3. The third-order valence-electron chi connectivity index (χ3n) is 2.49. The Kier molecular flexibility index (Phi) is 3.99. The van der Waals surface area contributed by atoms with Crippen molar-refractivity contribution in [1.29, 1.82) is 0 Å². The second kappa shape index (κ2) is 5.52. The van der Waals surface area contributed by atoms with Crippen LogP contribution in [0.25, 0.3) is 5.69 Å². The number of halogens is 3. The molecule has 0 aliphatic rings. The summed E-state index contributed by atoms with van der Waals surface area (Å²) in [5, 5.41) is 8.03. The lowest BCUT2D eigenvalue weighted by Crippen LogP contribution is -2.04. The van der Waals surface area contributed by atoms with Crippen LogP contribution in [0.4, 0.5) is 8.78 Å². The lowest BCUT2D eigenvalue weighted by atomic mass is 10.2. The van der Waals surface area contributed by atoms with Crippen molar-refractivity contribution in [3.8, 4) is 11.4 Å². The molecule has 4 nitrogen and oxygen atoms in total. The molecule has 0 bridgehead atoms. The van der Waals surface area contributed by atoms with Crippen molar-refractivity contribution >= 4 is 11.6 Å². The number of ether oxygens (including phenoxy) is 1. The van der Waals surface area contributed by atoms with E-state index in [1.54, 1.807) is 16.7 Å². The largest absolute Gasteiger partial charge is 0.435 e. The van der Waals surface area contributed by atoms with E-state index in [9.17, 15) is 8.78 Å². The Bertz CT molecular complexity index is 555. The molecule has 0 fully saturated rings. The third kappa shape index (κ3) is 3.01. The van der Waals surface area contributed by atoms with Gasteiger partial charge in [-0.3, -0.25) is 4.57 Å². The molecule has 1 heterocycles. The van der Waals surface area contributed by atoms with Gasteiger partial charge in [0.05, 0.1) is 5.69 Å². The van der Waals surface area contributed by atoms with Crippen molar-refractivity contribution in [1.82, 2.24) is 14.8 Å². The predicted octanol–water partition coefficient (Wildman–Crippen LogP) is 3.65. The van der Waals surface area contributed by atoms with Crippen molar-refractivity contribution < 1.29 is 13.5 Å². The molecule has 0 aliphatic heterocycles. The van der Waals surface area contributed by atoms with Gasteiger partial charge in [0.15, 0.2) is 0 Å². The minimum absolute atomic E-state index is 0.0917. The van der Waals surface area contributed by atoms with Crippen LogP contribution in [-0.4, -0.2) is 21.4 Å². The highest BCUT2D eigenvalue weighted by molar-refractivity contribution is 6.28. The molecule has 0 saturated carbocycles. The average Bonchev–Trinajstić information content (AvgIpc) is 2.71. The van der Waals surface area contributed by atoms with Gasteiger partial charge >= 0.3 is 6.61 Å². The highest BCUT2D eigenvalue weighted by Crippen LogP contribution is 2.24. The van der Waals surface area contributed by atoms with Gasteiger partial charge in [-0.1, -0.05) is 13.8 Å². The molecule has 0 spiro atoms. The molecule has 2 rings (SSSR count). The Balaban J connectivity index is 2.34. The maximum atomic E-state index is 12.1. The normalized spacial score (nSPS) is 11.3. The lowest BCUT2D eigenvalue weighted by molar-refractivity contribution is -0.0498. The number of benzene rings is 1. The van der Waals surface area contributed by atoms with Gasteiger partial charge in [0.1, 0.15) is 11.6 Å². The Morgan fingerprint density at radius 3 is 2.32 bits per heavy atom. The Labute approximate surface area is 114 Å². The van der Waals surface area contributed by atoms with E-state index in [2.05, 4.69) is 14.9 Å². The summed E-state index contributed by atoms with van der Waals surface area (Å²) in [6, 6.07) is 6.14. The molecule has 19 heavy (non-hydrogen) atoms. The molecule has 1 aromatic heterocycles. The summed E-state index contributed by atoms with van der Waals surface area (Å²) in [5.41, 5.74) is 0.695. The fourth-order valence-electron chi connectivity index (χ4n) is 1.67. The molecule has 0 unspecified atom stereocenters. The van der Waals surface area contributed by atoms with Crippen molar-refractivity contribution in [2.24, 2.45) is 0 Å². The second-order valence-electron chi connectivity index (χ2n) is 4.19. The van der Waals surface area contributed by atoms with Crippen molar-refractivity contribution in [2.45, 2.75) is 26.4 Å². The van der Waals surface area contributed by atoms with Gasteiger partial charge in [-0.25, -0.2) is 0 Å². The number of nitrogens with zero attached hydrogens (tertiary/aromatic N) is 3. The first kappa shape index (κ1) is 13.7. The van der Waals surface area contributed by atoms with E-state index in [4.69, 9.17) is 11.6 Å². The van der Waals surface area contributed by atoms with E-state index in [1.165, 1.54) is 12.1 Å². The van der Waals surface area contributed by atoms with Gasteiger partial charge in [-0.15, -0.1) is 10.2 Å². The first-order valence-corrected chi connectivity index (χ1v) is 6.03. The Morgan fingerprint density at radius 1 is 1.16 bits per heavy atom. The van der Waals surface area contributed by atoms with Crippen molar-refractivity contribution in [2.75, 3.05) is 0 Å². The highest BCUT2D eigenvalue weighted by Gasteiger charge is 2.15. The number of alkyl halides is 2. The minimum atomic E-state index is -2.84. The number of rotatable bonds is 4. The third-order valence-corrected chi connectivity index (χ3v) is 2.73. The van der Waals surface area contributed by atoms with Gasteiger partial charge in [0.25, 0.3) is 0 Å². The summed E-state index contributed by atoms with van der Waals surface area (Å²) in [4.78, 5) is 0. The Morgan fingerprint density at radius 2 is 1.79 bits per heavy atom. The zero-order chi connectivity index (χ0) is 14.0. The van der Waals surface area contributed by atoms with Crippen LogP contribution < -0.4 is 4.74 Å². The molecule has 102 valence electrons. The maximum Gasteiger partial charge on any atom is 0.387 e. The van der Waals surface area contributed by atoms with Gasteiger partial charge < -0.3 is 4.74 Å².